The van der Waals surface area contributed by atoms with Crippen LogP contribution in [0.15, 0.2) is 0 Å². The summed E-state index contributed by atoms with van der Waals surface area (Å²) in [6.07, 6.45) is 2.30. The standard InChI is InChI=1S/C11H24N2O3S/c1-11(2,3)10(6-9-14)12-17(15,16)13-7-4-5-8-13/h10,12,14H,4-9H2,1-3H3. The summed E-state index contributed by atoms with van der Waals surface area (Å²) in [6.45, 7) is 7.11. The third-order valence-corrected chi connectivity index (χ3v) is 4.79. The highest BCUT2D eigenvalue weighted by Crippen LogP contribution is 2.23. The average molecular weight is 264 g/mol. The van der Waals surface area contributed by atoms with Crippen molar-refractivity contribution in [1.29, 1.82) is 0 Å². The van der Waals surface area contributed by atoms with Gasteiger partial charge in [-0.15, -0.1) is 0 Å². The summed E-state index contributed by atoms with van der Waals surface area (Å²) in [5.74, 6) is 0. The van der Waals surface area contributed by atoms with Crippen molar-refractivity contribution in [2.24, 2.45) is 5.41 Å². The minimum Gasteiger partial charge on any atom is -0.396 e. The first-order valence-corrected chi connectivity index (χ1v) is 7.59. The van der Waals surface area contributed by atoms with E-state index >= 15 is 0 Å². The smallest absolute Gasteiger partial charge is 0.279 e. The van der Waals surface area contributed by atoms with Gasteiger partial charge in [-0.2, -0.15) is 17.4 Å². The monoisotopic (exact) mass is 264 g/mol. The summed E-state index contributed by atoms with van der Waals surface area (Å²) in [5, 5.41) is 9.01. The molecular weight excluding hydrogens is 240 g/mol. The van der Waals surface area contributed by atoms with E-state index in [0.29, 0.717) is 19.5 Å². The quantitative estimate of drug-likeness (QED) is 0.768. The summed E-state index contributed by atoms with van der Waals surface area (Å²) >= 11 is 0. The van der Waals surface area contributed by atoms with Crippen LogP contribution in [0.4, 0.5) is 0 Å². The van der Waals surface area contributed by atoms with Crippen molar-refractivity contribution >= 4 is 10.2 Å². The first-order chi connectivity index (χ1) is 7.77. The van der Waals surface area contributed by atoms with Crippen molar-refractivity contribution in [3.63, 3.8) is 0 Å². The highest BCUT2D eigenvalue weighted by molar-refractivity contribution is 7.87. The van der Waals surface area contributed by atoms with Gasteiger partial charge >= 0.3 is 0 Å². The van der Waals surface area contributed by atoms with Gasteiger partial charge in [0.25, 0.3) is 10.2 Å². The summed E-state index contributed by atoms with van der Waals surface area (Å²) in [7, 11) is -3.39. The number of hydrogen-bond donors (Lipinski definition) is 2. The predicted octanol–water partition coefficient (Wildman–Crippen LogP) is 0.714. The van der Waals surface area contributed by atoms with Crippen LogP contribution >= 0.6 is 0 Å². The van der Waals surface area contributed by atoms with Crippen molar-refractivity contribution in [2.75, 3.05) is 19.7 Å². The van der Waals surface area contributed by atoms with Gasteiger partial charge in [-0.25, -0.2) is 0 Å². The van der Waals surface area contributed by atoms with E-state index in [4.69, 9.17) is 5.11 Å². The maximum Gasteiger partial charge on any atom is 0.279 e. The van der Waals surface area contributed by atoms with Crippen LogP contribution in [0.2, 0.25) is 0 Å². The molecule has 6 heteroatoms. The molecule has 1 atom stereocenters. The number of aliphatic hydroxyl groups is 1. The zero-order valence-electron chi connectivity index (χ0n) is 10.9. The Hall–Kier alpha value is -0.170. The molecule has 2 N–H and O–H groups in total. The summed E-state index contributed by atoms with van der Waals surface area (Å²) in [4.78, 5) is 0. The minimum absolute atomic E-state index is 0.00947. The Kier molecular flexibility index (Phi) is 4.95. The molecule has 1 rings (SSSR count). The maximum atomic E-state index is 12.1. The fourth-order valence-corrected chi connectivity index (χ4v) is 3.70. The first-order valence-electron chi connectivity index (χ1n) is 6.15. The molecule has 1 unspecified atom stereocenters. The molecule has 1 heterocycles. The van der Waals surface area contributed by atoms with E-state index in [1.54, 1.807) is 0 Å². The molecule has 102 valence electrons. The van der Waals surface area contributed by atoms with Gasteiger partial charge in [0.05, 0.1) is 0 Å². The van der Waals surface area contributed by atoms with E-state index in [9.17, 15) is 8.42 Å². The molecule has 0 aliphatic carbocycles. The maximum absolute atomic E-state index is 12.1. The van der Waals surface area contributed by atoms with Crippen LogP contribution < -0.4 is 4.72 Å². The molecule has 0 amide bonds. The summed E-state index contributed by atoms with van der Waals surface area (Å²) in [6, 6.07) is -0.238. The number of aliphatic hydroxyl groups excluding tert-OH is 1. The largest absolute Gasteiger partial charge is 0.396 e. The molecule has 5 nitrogen and oxygen atoms in total. The van der Waals surface area contributed by atoms with Crippen LogP contribution in [0.25, 0.3) is 0 Å². The number of nitrogens with zero attached hydrogens (tertiary/aromatic N) is 1. The fourth-order valence-electron chi connectivity index (χ4n) is 1.98. The van der Waals surface area contributed by atoms with Gasteiger partial charge in [-0.1, -0.05) is 20.8 Å². The van der Waals surface area contributed by atoms with Crippen molar-refractivity contribution in [2.45, 2.75) is 46.1 Å². The Morgan fingerprint density at radius 3 is 2.24 bits per heavy atom. The zero-order chi connectivity index (χ0) is 13.1. The molecule has 0 saturated carbocycles. The van der Waals surface area contributed by atoms with E-state index in [0.717, 1.165) is 12.8 Å². The Morgan fingerprint density at radius 2 is 1.82 bits per heavy atom. The molecule has 0 aromatic heterocycles. The lowest BCUT2D eigenvalue weighted by molar-refractivity contribution is 0.212. The van der Waals surface area contributed by atoms with Crippen molar-refractivity contribution in [3.05, 3.63) is 0 Å². The molecule has 0 bridgehead atoms. The van der Waals surface area contributed by atoms with Crippen LogP contribution in [-0.4, -0.2) is 43.6 Å². The summed E-state index contributed by atoms with van der Waals surface area (Å²) < 4.78 is 28.4. The molecule has 17 heavy (non-hydrogen) atoms. The molecule has 1 aliphatic rings. The Bertz CT molecular complexity index is 329. The van der Waals surface area contributed by atoms with E-state index in [2.05, 4.69) is 4.72 Å². The molecule has 0 radical (unpaired) electrons. The molecule has 1 fully saturated rings. The van der Waals surface area contributed by atoms with Crippen molar-refractivity contribution in [3.8, 4) is 0 Å². The van der Waals surface area contributed by atoms with Gasteiger partial charge in [0, 0.05) is 25.7 Å². The van der Waals surface area contributed by atoms with Gasteiger partial charge in [0.15, 0.2) is 0 Å². The number of rotatable bonds is 5. The highest BCUT2D eigenvalue weighted by atomic mass is 32.2. The summed E-state index contributed by atoms with van der Waals surface area (Å²) in [5.41, 5.74) is -0.199. The van der Waals surface area contributed by atoms with Crippen LogP contribution in [0.1, 0.15) is 40.0 Å². The number of nitrogens with one attached hydrogen (secondary N) is 1. The van der Waals surface area contributed by atoms with Crippen LogP contribution in [0, 0.1) is 5.41 Å². The van der Waals surface area contributed by atoms with Crippen LogP contribution in [-0.2, 0) is 10.2 Å². The Labute approximate surface area is 104 Å². The molecule has 1 saturated heterocycles. The SMILES string of the molecule is CC(C)(C)C(CCO)NS(=O)(=O)N1CCCC1. The third-order valence-electron chi connectivity index (χ3n) is 3.16. The van der Waals surface area contributed by atoms with Crippen molar-refractivity contribution < 1.29 is 13.5 Å². The second-order valence-corrected chi connectivity index (χ2v) is 7.36. The lowest BCUT2D eigenvalue weighted by Crippen LogP contribution is -2.49. The van der Waals surface area contributed by atoms with E-state index in [1.165, 1.54) is 4.31 Å². The van der Waals surface area contributed by atoms with Crippen LogP contribution in [0.5, 0.6) is 0 Å². The Morgan fingerprint density at radius 1 is 1.29 bits per heavy atom. The highest BCUT2D eigenvalue weighted by Gasteiger charge is 2.32. The fraction of sp³-hybridized carbons (Fsp3) is 1.00. The Balaban J connectivity index is 2.72. The second kappa shape index (κ2) is 5.65. The van der Waals surface area contributed by atoms with Crippen molar-refractivity contribution in [1.82, 2.24) is 9.03 Å². The minimum atomic E-state index is -3.39. The molecule has 0 spiro atoms. The zero-order valence-corrected chi connectivity index (χ0v) is 11.8. The molecular formula is C11H24N2O3S. The lowest BCUT2D eigenvalue weighted by Gasteiger charge is -2.32. The van der Waals surface area contributed by atoms with Crippen LogP contribution in [0.3, 0.4) is 0 Å². The van der Waals surface area contributed by atoms with E-state index in [-0.39, 0.29) is 18.1 Å². The average Bonchev–Trinajstić information content (AvgIpc) is 2.68. The van der Waals surface area contributed by atoms with Gasteiger partial charge < -0.3 is 5.11 Å². The predicted molar refractivity (Wildman–Crippen MR) is 67.8 cm³/mol. The molecule has 0 aromatic rings. The van der Waals surface area contributed by atoms with Gasteiger partial charge in [-0.3, -0.25) is 0 Å². The number of hydrogen-bond acceptors (Lipinski definition) is 3. The molecule has 0 aromatic carbocycles. The third kappa shape index (κ3) is 4.21. The van der Waals surface area contributed by atoms with E-state index in [1.807, 2.05) is 20.8 Å². The van der Waals surface area contributed by atoms with Gasteiger partial charge in [-0.05, 0) is 24.7 Å². The first kappa shape index (κ1) is 14.9. The lowest BCUT2D eigenvalue weighted by atomic mass is 9.86. The topological polar surface area (TPSA) is 69.6 Å². The molecule has 1 aliphatic heterocycles. The second-order valence-electron chi connectivity index (χ2n) is 5.66. The van der Waals surface area contributed by atoms with E-state index < -0.39 is 10.2 Å². The normalized spacial score (nSPS) is 20.7. The van der Waals surface area contributed by atoms with Gasteiger partial charge in [0.1, 0.15) is 0 Å². The van der Waals surface area contributed by atoms with Gasteiger partial charge in [0.2, 0.25) is 0 Å².